The third-order valence-corrected chi connectivity index (χ3v) is 3.01. The van der Waals surface area contributed by atoms with Crippen LogP contribution in [0.4, 0.5) is 0 Å². The summed E-state index contributed by atoms with van der Waals surface area (Å²) in [5.74, 6) is 2.00. The second-order valence-corrected chi connectivity index (χ2v) is 4.30. The first-order valence-electron chi connectivity index (χ1n) is 5.18. The van der Waals surface area contributed by atoms with Gasteiger partial charge < -0.3 is 4.57 Å². The van der Waals surface area contributed by atoms with E-state index in [1.54, 1.807) is 0 Å². The monoisotopic (exact) mass is 186 g/mol. The largest absolute Gasteiger partial charge is 0.331 e. The molecule has 0 bridgehead atoms. The fourth-order valence-corrected chi connectivity index (χ4v) is 2.03. The standard InChI is InChI=1S/C12H14N2/c1-8-3-6-10-11(7-8)14(2)12(13-10)9-4-5-9/h3,6-7,9H,4-5H2,1-2H3. The Kier molecular flexibility index (Phi) is 1.49. The Bertz CT molecular complexity index is 492. The van der Waals surface area contributed by atoms with Gasteiger partial charge in [-0.2, -0.15) is 0 Å². The molecule has 0 aliphatic heterocycles. The first-order chi connectivity index (χ1) is 6.75. The van der Waals surface area contributed by atoms with E-state index >= 15 is 0 Å². The zero-order valence-corrected chi connectivity index (χ0v) is 8.62. The number of hydrogen-bond acceptors (Lipinski definition) is 1. The van der Waals surface area contributed by atoms with E-state index in [2.05, 4.69) is 41.7 Å². The Morgan fingerprint density at radius 2 is 2.14 bits per heavy atom. The number of fused-ring (bicyclic) bond motifs is 1. The molecule has 2 heteroatoms. The maximum absolute atomic E-state index is 4.68. The average Bonchev–Trinajstić information content (AvgIpc) is 2.95. The number of aryl methyl sites for hydroxylation is 2. The van der Waals surface area contributed by atoms with Crippen molar-refractivity contribution in [3.63, 3.8) is 0 Å². The fraction of sp³-hybridized carbons (Fsp3) is 0.417. The van der Waals surface area contributed by atoms with E-state index in [-0.39, 0.29) is 0 Å². The van der Waals surface area contributed by atoms with Crippen LogP contribution in [-0.4, -0.2) is 9.55 Å². The second-order valence-electron chi connectivity index (χ2n) is 4.30. The molecule has 0 atom stereocenters. The van der Waals surface area contributed by atoms with Crippen molar-refractivity contribution in [3.05, 3.63) is 29.6 Å². The number of aromatic nitrogens is 2. The molecular formula is C12H14N2. The van der Waals surface area contributed by atoms with E-state index in [0.717, 1.165) is 11.4 Å². The summed E-state index contributed by atoms with van der Waals surface area (Å²) in [6, 6.07) is 6.47. The number of imidazole rings is 1. The Hall–Kier alpha value is -1.31. The molecule has 2 aromatic rings. The highest BCUT2D eigenvalue weighted by Crippen LogP contribution is 2.40. The van der Waals surface area contributed by atoms with Crippen LogP contribution in [0.3, 0.4) is 0 Å². The van der Waals surface area contributed by atoms with Crippen molar-refractivity contribution in [1.82, 2.24) is 9.55 Å². The van der Waals surface area contributed by atoms with Gasteiger partial charge in [-0.05, 0) is 37.5 Å². The summed E-state index contributed by atoms with van der Waals surface area (Å²) >= 11 is 0. The molecule has 2 nitrogen and oxygen atoms in total. The molecule has 14 heavy (non-hydrogen) atoms. The van der Waals surface area contributed by atoms with E-state index in [1.807, 2.05) is 0 Å². The van der Waals surface area contributed by atoms with Crippen LogP contribution < -0.4 is 0 Å². The van der Waals surface area contributed by atoms with Crippen LogP contribution in [0.25, 0.3) is 11.0 Å². The van der Waals surface area contributed by atoms with Gasteiger partial charge in [0.1, 0.15) is 5.82 Å². The quantitative estimate of drug-likeness (QED) is 0.669. The van der Waals surface area contributed by atoms with Crippen molar-refractivity contribution in [2.45, 2.75) is 25.7 Å². The van der Waals surface area contributed by atoms with Crippen LogP contribution in [0.15, 0.2) is 18.2 Å². The smallest absolute Gasteiger partial charge is 0.112 e. The van der Waals surface area contributed by atoms with Crippen molar-refractivity contribution in [3.8, 4) is 0 Å². The molecule has 72 valence electrons. The van der Waals surface area contributed by atoms with E-state index in [4.69, 9.17) is 0 Å². The molecule has 1 aliphatic rings. The molecule has 0 radical (unpaired) electrons. The van der Waals surface area contributed by atoms with Gasteiger partial charge in [-0.1, -0.05) is 6.07 Å². The van der Waals surface area contributed by atoms with Crippen LogP contribution in [0, 0.1) is 6.92 Å². The molecule has 0 N–H and O–H groups in total. The lowest BCUT2D eigenvalue weighted by molar-refractivity contribution is 0.820. The first kappa shape index (κ1) is 8.04. The van der Waals surface area contributed by atoms with Crippen molar-refractivity contribution in [2.75, 3.05) is 0 Å². The summed E-state index contributed by atoms with van der Waals surface area (Å²) in [6.45, 7) is 2.13. The molecule has 0 spiro atoms. The highest BCUT2D eigenvalue weighted by atomic mass is 15.1. The molecular weight excluding hydrogens is 172 g/mol. The van der Waals surface area contributed by atoms with E-state index in [9.17, 15) is 0 Å². The molecule has 1 saturated carbocycles. The molecule has 1 aromatic heterocycles. The molecule has 0 amide bonds. The van der Waals surface area contributed by atoms with Gasteiger partial charge in [-0.25, -0.2) is 4.98 Å². The summed E-state index contributed by atoms with van der Waals surface area (Å²) in [5, 5.41) is 0. The van der Waals surface area contributed by atoms with Gasteiger partial charge >= 0.3 is 0 Å². The Morgan fingerprint density at radius 3 is 2.86 bits per heavy atom. The third kappa shape index (κ3) is 1.07. The van der Waals surface area contributed by atoms with Crippen molar-refractivity contribution in [2.24, 2.45) is 7.05 Å². The van der Waals surface area contributed by atoms with Gasteiger partial charge in [0.2, 0.25) is 0 Å². The lowest BCUT2D eigenvalue weighted by atomic mass is 10.2. The topological polar surface area (TPSA) is 17.8 Å². The van der Waals surface area contributed by atoms with E-state index < -0.39 is 0 Å². The second kappa shape index (κ2) is 2.59. The lowest BCUT2D eigenvalue weighted by Gasteiger charge is -1.99. The van der Waals surface area contributed by atoms with Crippen LogP contribution in [-0.2, 0) is 7.05 Å². The van der Waals surface area contributed by atoms with Gasteiger partial charge in [0.05, 0.1) is 11.0 Å². The van der Waals surface area contributed by atoms with E-state index in [1.165, 1.54) is 29.7 Å². The Morgan fingerprint density at radius 1 is 1.36 bits per heavy atom. The SMILES string of the molecule is Cc1ccc2nc(C3CC3)n(C)c2c1. The molecule has 0 saturated heterocycles. The minimum Gasteiger partial charge on any atom is -0.331 e. The van der Waals surface area contributed by atoms with Crippen LogP contribution >= 0.6 is 0 Å². The highest BCUT2D eigenvalue weighted by Gasteiger charge is 2.28. The Labute approximate surface area is 83.6 Å². The summed E-state index contributed by atoms with van der Waals surface area (Å²) in [5.41, 5.74) is 3.72. The molecule has 1 aliphatic carbocycles. The molecule has 1 fully saturated rings. The fourth-order valence-electron chi connectivity index (χ4n) is 2.03. The summed E-state index contributed by atoms with van der Waals surface area (Å²) in [4.78, 5) is 4.68. The highest BCUT2D eigenvalue weighted by molar-refractivity contribution is 5.77. The van der Waals surface area contributed by atoms with Gasteiger partial charge in [0, 0.05) is 13.0 Å². The predicted octanol–water partition coefficient (Wildman–Crippen LogP) is 2.76. The minimum absolute atomic E-state index is 0.729. The van der Waals surface area contributed by atoms with Crippen LogP contribution in [0.1, 0.15) is 30.1 Å². The van der Waals surface area contributed by atoms with Gasteiger partial charge in [0.25, 0.3) is 0 Å². The van der Waals surface area contributed by atoms with Crippen molar-refractivity contribution >= 4 is 11.0 Å². The van der Waals surface area contributed by atoms with Crippen LogP contribution in [0.5, 0.6) is 0 Å². The van der Waals surface area contributed by atoms with Gasteiger partial charge in [-0.3, -0.25) is 0 Å². The number of rotatable bonds is 1. The summed E-state index contributed by atoms with van der Waals surface area (Å²) < 4.78 is 2.25. The maximum atomic E-state index is 4.68. The summed E-state index contributed by atoms with van der Waals surface area (Å²) in [7, 11) is 2.13. The van der Waals surface area contributed by atoms with Crippen molar-refractivity contribution in [1.29, 1.82) is 0 Å². The number of nitrogens with zero attached hydrogens (tertiary/aromatic N) is 2. The van der Waals surface area contributed by atoms with Crippen molar-refractivity contribution < 1.29 is 0 Å². The van der Waals surface area contributed by atoms with E-state index in [0.29, 0.717) is 0 Å². The molecule has 1 heterocycles. The first-order valence-corrected chi connectivity index (χ1v) is 5.18. The molecule has 1 aromatic carbocycles. The normalized spacial score (nSPS) is 16.4. The predicted molar refractivity (Wildman–Crippen MR) is 57.4 cm³/mol. The number of hydrogen-bond donors (Lipinski definition) is 0. The van der Waals surface area contributed by atoms with Gasteiger partial charge in [0.15, 0.2) is 0 Å². The number of benzene rings is 1. The average molecular weight is 186 g/mol. The minimum atomic E-state index is 0.729. The van der Waals surface area contributed by atoms with Gasteiger partial charge in [-0.15, -0.1) is 0 Å². The summed E-state index contributed by atoms with van der Waals surface area (Å²) in [6.07, 6.45) is 2.63. The maximum Gasteiger partial charge on any atom is 0.112 e. The Balaban J connectivity index is 2.29. The van der Waals surface area contributed by atoms with Crippen LogP contribution in [0.2, 0.25) is 0 Å². The third-order valence-electron chi connectivity index (χ3n) is 3.01. The lowest BCUT2D eigenvalue weighted by Crippen LogP contribution is -1.94. The molecule has 3 rings (SSSR count). The zero-order valence-electron chi connectivity index (χ0n) is 8.62. The molecule has 0 unspecified atom stereocenters. The zero-order chi connectivity index (χ0) is 9.71.